The molecule has 2 aromatic heterocycles. The Balaban J connectivity index is 0.000000210. The number of aliphatic hydroxyl groups is 2. The molecule has 7 nitrogen and oxygen atoms in total. The maximum Gasteiger partial charge on any atom is 0.417 e. The number of phenols is 1. The first kappa shape index (κ1) is 47.3. The minimum atomic E-state index is -4.89. The number of thioether (sulfide) groups is 1. The van der Waals surface area contributed by atoms with Crippen LogP contribution in [0.4, 0.5) is 30.7 Å². The second-order valence-electron chi connectivity index (χ2n) is 18.0. The highest BCUT2D eigenvalue weighted by Crippen LogP contribution is 2.48. The zero-order valence-corrected chi connectivity index (χ0v) is 36.7. The topological polar surface area (TPSA) is 125 Å². The van der Waals surface area contributed by atoms with Gasteiger partial charge < -0.3 is 30.0 Å². The first-order valence-corrected chi connectivity index (χ1v) is 21.4. The first-order chi connectivity index (χ1) is 29.2. The number of aromatic nitrogens is 2. The van der Waals surface area contributed by atoms with Crippen molar-refractivity contribution in [2.45, 2.75) is 113 Å². The van der Waals surface area contributed by atoms with Crippen molar-refractivity contribution in [2.75, 3.05) is 12.9 Å². The lowest BCUT2D eigenvalue weighted by Gasteiger charge is -2.38. The van der Waals surface area contributed by atoms with Gasteiger partial charge in [-0.2, -0.15) is 31.6 Å². The predicted molar refractivity (Wildman–Crippen MR) is 231 cm³/mol. The smallest absolute Gasteiger partial charge is 0.417 e. The van der Waals surface area contributed by atoms with Crippen molar-refractivity contribution >= 4 is 33.6 Å². The third-order valence-electron chi connectivity index (χ3n) is 11.9. The van der Waals surface area contributed by atoms with Crippen molar-refractivity contribution < 1.29 is 50.8 Å². The van der Waals surface area contributed by atoms with Gasteiger partial charge in [-0.15, -0.1) is 11.8 Å². The van der Waals surface area contributed by atoms with Crippen LogP contribution in [0.25, 0.3) is 21.8 Å². The van der Waals surface area contributed by atoms with Gasteiger partial charge in [-0.3, -0.25) is 0 Å². The summed E-state index contributed by atoms with van der Waals surface area (Å²) in [6.07, 6.45) is -9.95. The number of aryl methyl sites for hydroxylation is 2. The summed E-state index contributed by atoms with van der Waals surface area (Å²) in [5.41, 5.74) is -3.34. The average Bonchev–Trinajstić information content (AvgIpc) is 3.92. The zero-order chi connectivity index (χ0) is 46.5. The minimum Gasteiger partial charge on any atom is -0.508 e. The molecule has 5 N–H and O–H groups in total. The monoisotopic (exact) mass is 897 g/mol. The summed E-state index contributed by atoms with van der Waals surface area (Å²) in [7, 11) is 0. The van der Waals surface area contributed by atoms with E-state index in [-0.39, 0.29) is 17.1 Å². The van der Waals surface area contributed by atoms with Crippen LogP contribution in [0.3, 0.4) is 0 Å². The first-order valence-electron chi connectivity index (χ1n) is 20.2. The number of alkyl halides is 6. The van der Waals surface area contributed by atoms with E-state index in [9.17, 15) is 46.1 Å². The van der Waals surface area contributed by atoms with Crippen molar-refractivity contribution in [1.82, 2.24) is 9.97 Å². The highest BCUT2D eigenvalue weighted by molar-refractivity contribution is 7.98. The molecule has 0 saturated carbocycles. The van der Waals surface area contributed by atoms with E-state index in [1.165, 1.54) is 18.2 Å². The number of benzene rings is 4. The van der Waals surface area contributed by atoms with Crippen molar-refractivity contribution in [3.63, 3.8) is 0 Å². The predicted octanol–water partition coefficient (Wildman–Crippen LogP) is 11.7. The molecule has 0 fully saturated rings. The van der Waals surface area contributed by atoms with E-state index in [0.717, 1.165) is 21.4 Å². The number of nitriles is 1. The molecule has 1 aliphatic rings. The molecule has 15 heteroatoms. The van der Waals surface area contributed by atoms with Crippen LogP contribution in [0.15, 0.2) is 77.7 Å². The quantitative estimate of drug-likeness (QED) is 0.0651. The van der Waals surface area contributed by atoms with Crippen LogP contribution >= 0.6 is 11.8 Å². The number of aromatic hydroxyl groups is 1. The summed E-state index contributed by atoms with van der Waals surface area (Å²) in [6, 6.07) is 21.4. The number of phenolic OH excluding ortho intramolecular Hbond substituents is 1. The largest absolute Gasteiger partial charge is 0.508 e. The Kier molecular flexibility index (Phi) is 12.8. The number of ether oxygens (including phenoxy) is 1. The summed E-state index contributed by atoms with van der Waals surface area (Å²) >= 11 is 1.54. The number of hydrogen-bond donors (Lipinski definition) is 5. The van der Waals surface area contributed by atoms with E-state index in [0.29, 0.717) is 57.5 Å². The van der Waals surface area contributed by atoms with Gasteiger partial charge in [0.25, 0.3) is 0 Å². The highest BCUT2D eigenvalue weighted by atomic mass is 32.2. The van der Waals surface area contributed by atoms with Gasteiger partial charge in [0, 0.05) is 68.5 Å². The van der Waals surface area contributed by atoms with Crippen molar-refractivity contribution in [2.24, 2.45) is 0 Å². The maximum absolute atomic E-state index is 14.2. The summed E-state index contributed by atoms with van der Waals surface area (Å²) in [6.45, 7) is 10.2. The lowest BCUT2D eigenvalue weighted by Crippen LogP contribution is -2.51. The second kappa shape index (κ2) is 17.1. The molecule has 7 rings (SSSR count). The van der Waals surface area contributed by atoms with Gasteiger partial charge in [-0.25, -0.2) is 4.39 Å². The third-order valence-corrected chi connectivity index (χ3v) is 12.6. The number of H-pyrrole nitrogens is 2. The number of halogens is 7. The molecular weight excluding hydrogens is 848 g/mol. The number of aromatic amines is 2. The minimum absolute atomic E-state index is 0.106. The molecule has 336 valence electrons. The Morgan fingerprint density at radius 2 is 1.35 bits per heavy atom. The fraction of sp³-hybridized carbons (Fsp3) is 0.396. The number of hydrogen-bond acceptors (Lipinski definition) is 6. The van der Waals surface area contributed by atoms with Gasteiger partial charge in [0.15, 0.2) is 11.2 Å². The zero-order valence-electron chi connectivity index (χ0n) is 35.9. The normalized spacial score (nSPS) is 15.3. The molecule has 0 bridgehead atoms. The van der Waals surface area contributed by atoms with Gasteiger partial charge in [-0.05, 0) is 116 Å². The van der Waals surface area contributed by atoms with E-state index in [1.807, 2.05) is 30.5 Å². The number of rotatable bonds is 11. The Hall–Kier alpha value is -5.17. The molecule has 3 heterocycles. The van der Waals surface area contributed by atoms with Gasteiger partial charge in [0.2, 0.25) is 0 Å². The lowest BCUT2D eigenvalue weighted by atomic mass is 9.72. The molecule has 0 radical (unpaired) electrons. The molecule has 1 aliphatic heterocycles. The van der Waals surface area contributed by atoms with Gasteiger partial charge in [0.1, 0.15) is 17.3 Å². The molecule has 0 saturated heterocycles. The summed E-state index contributed by atoms with van der Waals surface area (Å²) < 4.78 is 105. The molecule has 2 atom stereocenters. The van der Waals surface area contributed by atoms with Crippen LogP contribution in [0.2, 0.25) is 0 Å². The van der Waals surface area contributed by atoms with Crippen LogP contribution in [-0.4, -0.2) is 61.7 Å². The van der Waals surface area contributed by atoms with Crippen molar-refractivity contribution in [3.8, 4) is 17.6 Å². The van der Waals surface area contributed by atoms with Crippen LogP contribution in [-0.2, 0) is 30.1 Å². The summed E-state index contributed by atoms with van der Waals surface area (Å²) in [5.74, 6) is -0.199. The number of fused-ring (bicyclic) bond motifs is 3. The third kappa shape index (κ3) is 9.98. The molecule has 6 aromatic rings. The standard InChI is InChI=1S/C24H25F4NO2S.C24H25F3N2O2/c1-22(2,19-11-16(25)8-14-6-7-31-21(14)19)13-23(30,24(26,27)28)12-17-9-15-10-18(32-3)4-5-20(15)29-17;1-14-5-6-21(30)19(7-14)22(3,4)13-23(31,24(25,26)27)11-17-10-18-15(2)8-16(12-28)9-20(18)29-17/h4-5,8-11,29-30H,6-7,12-13H2,1-3H3;5-10,29-31H,11,13H2,1-4H3. The van der Waals surface area contributed by atoms with Crippen molar-refractivity contribution in [1.29, 1.82) is 5.26 Å². The molecule has 4 aromatic carbocycles. The van der Waals surface area contributed by atoms with E-state index in [4.69, 9.17) is 10.00 Å². The molecular formula is C48H50F7N3O4S. The number of nitrogens with one attached hydrogen (secondary N) is 2. The SMILES string of the molecule is CSc1ccc2[nH]c(CC(O)(CC(C)(C)c3cc(F)cc4c3OCC4)C(F)(F)F)cc2c1.Cc1ccc(O)c(C(C)(C)CC(O)(Cc2cc3c(C)cc(C#N)cc3[nH]2)C(F)(F)F)c1. The van der Waals surface area contributed by atoms with E-state index < -0.39 is 65.9 Å². The molecule has 0 spiro atoms. The van der Waals surface area contributed by atoms with Gasteiger partial charge >= 0.3 is 12.4 Å². The second-order valence-corrected chi connectivity index (χ2v) is 18.9. The van der Waals surface area contributed by atoms with Crippen molar-refractivity contribution in [3.05, 3.63) is 123 Å². The highest BCUT2D eigenvalue weighted by Gasteiger charge is 2.57. The molecule has 63 heavy (non-hydrogen) atoms. The van der Waals surface area contributed by atoms with Crippen LogP contribution in [0.5, 0.6) is 11.5 Å². The fourth-order valence-corrected chi connectivity index (χ4v) is 9.25. The molecule has 2 unspecified atom stereocenters. The van der Waals surface area contributed by atoms with Crippen LogP contribution in [0.1, 0.15) is 85.3 Å². The number of nitrogens with zero attached hydrogens (tertiary/aromatic N) is 1. The van der Waals surface area contributed by atoms with Crippen LogP contribution < -0.4 is 4.74 Å². The van der Waals surface area contributed by atoms with Gasteiger partial charge in [0.05, 0.1) is 18.2 Å². The fourth-order valence-electron chi connectivity index (χ4n) is 8.80. The summed E-state index contributed by atoms with van der Waals surface area (Å²) in [5, 5.41) is 42.7. The van der Waals surface area contributed by atoms with E-state index >= 15 is 0 Å². The van der Waals surface area contributed by atoms with Gasteiger partial charge in [-0.1, -0.05) is 45.4 Å². The molecule has 0 aliphatic carbocycles. The Morgan fingerprint density at radius 3 is 1.95 bits per heavy atom. The Bertz CT molecular complexity index is 2700. The van der Waals surface area contributed by atoms with E-state index in [2.05, 4.69) is 9.97 Å². The molecule has 0 amide bonds. The lowest BCUT2D eigenvalue weighted by molar-refractivity contribution is -0.266. The van der Waals surface area contributed by atoms with Crippen LogP contribution in [0, 0.1) is 31.0 Å². The maximum atomic E-state index is 14.2. The average molecular weight is 898 g/mol. The van der Waals surface area contributed by atoms with E-state index in [1.54, 1.807) is 89.7 Å². The Morgan fingerprint density at radius 1 is 0.746 bits per heavy atom. The summed E-state index contributed by atoms with van der Waals surface area (Å²) in [4.78, 5) is 6.92. The Labute approximate surface area is 365 Å².